The van der Waals surface area contributed by atoms with E-state index < -0.39 is 17.8 Å². The summed E-state index contributed by atoms with van der Waals surface area (Å²) >= 11 is 0. The molecule has 5 rings (SSSR count). The van der Waals surface area contributed by atoms with Gasteiger partial charge in [0.15, 0.2) is 11.9 Å². The van der Waals surface area contributed by atoms with Crippen LogP contribution in [0.1, 0.15) is 41.2 Å². The molecule has 1 amide bonds. The van der Waals surface area contributed by atoms with Crippen molar-refractivity contribution in [2.45, 2.75) is 39.0 Å². The van der Waals surface area contributed by atoms with Crippen molar-refractivity contribution in [2.24, 2.45) is 0 Å². The smallest absolute Gasteiger partial charge is 0.416 e. The van der Waals surface area contributed by atoms with Gasteiger partial charge >= 0.3 is 6.18 Å². The van der Waals surface area contributed by atoms with Gasteiger partial charge < -0.3 is 17.3 Å². The summed E-state index contributed by atoms with van der Waals surface area (Å²) in [6, 6.07) is 23.9. The first-order chi connectivity index (χ1) is 19.6. The van der Waals surface area contributed by atoms with E-state index in [1.807, 2.05) is 49.4 Å². The molecule has 42 heavy (non-hydrogen) atoms. The lowest BCUT2D eigenvalue weighted by atomic mass is 10.1. The molecule has 6 nitrogen and oxygen atoms in total. The highest BCUT2D eigenvalue weighted by atomic mass is 35.5. The zero-order valence-electron chi connectivity index (χ0n) is 22.9. The van der Waals surface area contributed by atoms with Gasteiger partial charge in [-0.3, -0.25) is 14.2 Å². The van der Waals surface area contributed by atoms with Gasteiger partial charge in [0.2, 0.25) is 5.91 Å². The van der Waals surface area contributed by atoms with Crippen molar-refractivity contribution in [3.8, 4) is 5.69 Å². The van der Waals surface area contributed by atoms with E-state index in [1.54, 1.807) is 42.3 Å². The minimum atomic E-state index is -4.46. The average molecular weight is 593 g/mol. The molecule has 5 aromatic rings. The molecular formula is C32H28ClF3N4O2. The fraction of sp³-hybridized carbons (Fsp3) is 0.188. The molecule has 1 atom stereocenters. The molecule has 10 heteroatoms. The summed E-state index contributed by atoms with van der Waals surface area (Å²) in [5.41, 5.74) is 2.29. The van der Waals surface area contributed by atoms with Crippen LogP contribution in [0.3, 0.4) is 0 Å². The van der Waals surface area contributed by atoms with Gasteiger partial charge in [0.1, 0.15) is 12.4 Å². The summed E-state index contributed by atoms with van der Waals surface area (Å²) in [6.45, 7) is 3.92. The molecule has 0 spiro atoms. The van der Waals surface area contributed by atoms with Crippen LogP contribution >= 0.6 is 0 Å². The van der Waals surface area contributed by atoms with Crippen LogP contribution < -0.4 is 23.0 Å². The first kappa shape index (κ1) is 30.5. The number of aryl methyl sites for hydroxylation is 1. The minimum absolute atomic E-state index is 0. The second kappa shape index (κ2) is 12.6. The Morgan fingerprint density at radius 1 is 0.952 bits per heavy atom. The predicted molar refractivity (Wildman–Crippen MR) is 149 cm³/mol. The Kier molecular flexibility index (Phi) is 9.11. The summed E-state index contributed by atoms with van der Waals surface area (Å²) in [5, 5.41) is 0.447. The number of alkyl halides is 3. The summed E-state index contributed by atoms with van der Waals surface area (Å²) in [6.07, 6.45) is -2.85. The van der Waals surface area contributed by atoms with Gasteiger partial charge in [-0.2, -0.15) is 13.2 Å². The van der Waals surface area contributed by atoms with E-state index >= 15 is 0 Å². The molecule has 0 bridgehead atoms. The molecular weight excluding hydrogens is 565 g/mol. The van der Waals surface area contributed by atoms with Gasteiger partial charge in [-0.05, 0) is 55.8 Å². The number of rotatable bonds is 7. The van der Waals surface area contributed by atoms with Crippen molar-refractivity contribution in [1.82, 2.24) is 14.5 Å². The fourth-order valence-electron chi connectivity index (χ4n) is 4.75. The highest BCUT2D eigenvalue weighted by Gasteiger charge is 2.31. The van der Waals surface area contributed by atoms with Gasteiger partial charge in [-0.25, -0.2) is 9.97 Å². The molecule has 1 unspecified atom stereocenters. The van der Waals surface area contributed by atoms with Crippen LogP contribution in [0.2, 0.25) is 0 Å². The van der Waals surface area contributed by atoms with E-state index in [0.29, 0.717) is 28.0 Å². The van der Waals surface area contributed by atoms with Crippen LogP contribution in [0, 0.1) is 6.92 Å². The quantitative estimate of drug-likeness (QED) is 0.292. The second-order valence-corrected chi connectivity index (χ2v) is 9.92. The molecule has 0 aliphatic heterocycles. The first-order valence-corrected chi connectivity index (χ1v) is 13.1. The number of nitrogens with one attached hydrogen (secondary N) is 1. The molecule has 1 N–H and O–H groups in total. The lowest BCUT2D eigenvalue weighted by molar-refractivity contribution is -0.392. The Bertz CT molecular complexity index is 1740. The lowest BCUT2D eigenvalue weighted by Crippen LogP contribution is -3.00. The average Bonchev–Trinajstić information content (AvgIpc) is 2.96. The third kappa shape index (κ3) is 6.52. The van der Waals surface area contributed by atoms with Crippen molar-refractivity contribution < 1.29 is 35.4 Å². The number of hydrogen-bond acceptors (Lipinski definition) is 3. The molecule has 3 aromatic carbocycles. The summed E-state index contributed by atoms with van der Waals surface area (Å²) in [5.74, 6) is 0.0432. The SMILES string of the molecule is Cc1ccc(-n2c(C(C)N(Cc3cccc[nH+]3)C(=O)Cc3ccc(C(F)(F)F)cc3)nc3ccccc3c2=O)cc1.[Cl-]. The number of benzene rings is 3. The van der Waals surface area contributed by atoms with Crippen molar-refractivity contribution >= 4 is 16.8 Å². The monoisotopic (exact) mass is 592 g/mol. The van der Waals surface area contributed by atoms with Gasteiger partial charge in [0.05, 0.1) is 34.6 Å². The number of carbonyl (C=O) groups is 1. The van der Waals surface area contributed by atoms with Crippen LogP contribution in [0.25, 0.3) is 16.6 Å². The van der Waals surface area contributed by atoms with Gasteiger partial charge in [0, 0.05) is 12.1 Å². The molecule has 0 fully saturated rings. The lowest BCUT2D eigenvalue weighted by Gasteiger charge is -2.29. The zero-order chi connectivity index (χ0) is 29.1. The number of aromatic amines is 1. The number of carbonyl (C=O) groups excluding carboxylic acids is 1. The number of halogens is 4. The van der Waals surface area contributed by atoms with Crippen molar-refractivity contribution in [3.05, 3.63) is 136 Å². The number of fused-ring (bicyclic) bond motifs is 1. The van der Waals surface area contributed by atoms with Gasteiger partial charge in [0.25, 0.3) is 5.56 Å². The molecule has 0 radical (unpaired) electrons. The number of aromatic nitrogens is 3. The Morgan fingerprint density at radius 2 is 1.62 bits per heavy atom. The van der Waals surface area contributed by atoms with Crippen LogP contribution in [-0.4, -0.2) is 20.4 Å². The molecule has 216 valence electrons. The minimum Gasteiger partial charge on any atom is -1.00 e. The standard InChI is InChI=1S/C32H27F3N4O2.ClH/c1-21-10-16-26(17-11-21)39-30(37-28-9-4-3-8-27(28)31(39)41)22(2)38(20-25-7-5-6-18-36-25)29(40)19-23-12-14-24(15-13-23)32(33,34)35;/h3-18,22H,19-20H2,1-2H3;1H. The largest absolute Gasteiger partial charge is 1.00 e. The van der Waals surface area contributed by atoms with E-state index in [2.05, 4.69) is 4.98 Å². The third-order valence-electron chi connectivity index (χ3n) is 7.01. The number of amides is 1. The van der Waals surface area contributed by atoms with E-state index in [1.165, 1.54) is 16.7 Å². The van der Waals surface area contributed by atoms with E-state index in [4.69, 9.17) is 4.98 Å². The normalized spacial score (nSPS) is 12.0. The molecule has 0 aliphatic carbocycles. The van der Waals surface area contributed by atoms with Crippen LogP contribution in [-0.2, 0) is 23.9 Å². The Labute approximate surface area is 246 Å². The Morgan fingerprint density at radius 3 is 2.26 bits per heavy atom. The second-order valence-electron chi connectivity index (χ2n) is 9.92. The van der Waals surface area contributed by atoms with Gasteiger partial charge in [-0.15, -0.1) is 0 Å². The third-order valence-corrected chi connectivity index (χ3v) is 7.01. The van der Waals surface area contributed by atoms with Crippen LogP contribution in [0.15, 0.2) is 102 Å². The number of hydrogen-bond donors (Lipinski definition) is 0. The maximum absolute atomic E-state index is 13.8. The Balaban J connectivity index is 0.00000405. The molecule has 0 saturated carbocycles. The van der Waals surface area contributed by atoms with Crippen molar-refractivity contribution in [1.29, 1.82) is 0 Å². The fourth-order valence-corrected chi connectivity index (χ4v) is 4.75. The van der Waals surface area contributed by atoms with Crippen LogP contribution in [0.5, 0.6) is 0 Å². The molecule has 2 heterocycles. The van der Waals surface area contributed by atoms with E-state index in [-0.39, 0.29) is 36.8 Å². The highest BCUT2D eigenvalue weighted by Crippen LogP contribution is 2.30. The predicted octanol–water partition coefficient (Wildman–Crippen LogP) is 2.86. The number of H-pyrrole nitrogens is 1. The summed E-state index contributed by atoms with van der Waals surface area (Å²) in [4.78, 5) is 37.2. The number of para-hydroxylation sites is 1. The Hall–Kier alpha value is -4.50. The van der Waals surface area contributed by atoms with E-state index in [9.17, 15) is 22.8 Å². The summed E-state index contributed by atoms with van der Waals surface area (Å²) < 4.78 is 40.8. The molecule has 0 saturated heterocycles. The van der Waals surface area contributed by atoms with Crippen LogP contribution in [0.4, 0.5) is 13.2 Å². The molecule has 2 aromatic heterocycles. The maximum atomic E-state index is 13.8. The summed E-state index contributed by atoms with van der Waals surface area (Å²) in [7, 11) is 0. The topological polar surface area (TPSA) is 69.3 Å². The van der Waals surface area contributed by atoms with Crippen molar-refractivity contribution in [2.75, 3.05) is 0 Å². The zero-order valence-corrected chi connectivity index (χ0v) is 23.7. The maximum Gasteiger partial charge on any atom is 0.416 e. The van der Waals surface area contributed by atoms with Gasteiger partial charge in [-0.1, -0.05) is 48.0 Å². The highest BCUT2D eigenvalue weighted by molar-refractivity contribution is 5.80. The van der Waals surface area contributed by atoms with Crippen molar-refractivity contribution in [3.63, 3.8) is 0 Å². The molecule has 0 aliphatic rings. The number of nitrogens with zero attached hydrogens (tertiary/aromatic N) is 3. The van der Waals surface area contributed by atoms with E-state index in [0.717, 1.165) is 23.4 Å². The first-order valence-electron chi connectivity index (χ1n) is 13.1. The number of pyridine rings is 1.